The van der Waals surface area contributed by atoms with Crippen LogP contribution in [0.3, 0.4) is 0 Å². The second kappa shape index (κ2) is 6.18. The molecule has 0 atom stereocenters. The fraction of sp³-hybridized carbons (Fsp3) is 0.105. The molecule has 0 saturated carbocycles. The van der Waals surface area contributed by atoms with Gasteiger partial charge in [0.25, 0.3) is 0 Å². The Balaban J connectivity index is 1.83. The summed E-state index contributed by atoms with van der Waals surface area (Å²) >= 11 is 6.20. The molecule has 0 spiro atoms. The fourth-order valence-corrected chi connectivity index (χ4v) is 2.94. The van der Waals surface area contributed by atoms with Gasteiger partial charge in [-0.2, -0.15) is 0 Å². The summed E-state index contributed by atoms with van der Waals surface area (Å²) in [5.41, 5.74) is 3.07. The third kappa shape index (κ3) is 2.72. The lowest BCUT2D eigenvalue weighted by molar-refractivity contribution is 0.419. The SMILES string of the molecule is COc1cccc2cc(-c3nnc(-c4ccccc4Cl)o3)c(C)nc12. The van der Waals surface area contributed by atoms with E-state index in [-0.39, 0.29) is 0 Å². The lowest BCUT2D eigenvalue weighted by Gasteiger charge is -2.07. The molecule has 0 aliphatic carbocycles. The highest BCUT2D eigenvalue weighted by Gasteiger charge is 2.16. The summed E-state index contributed by atoms with van der Waals surface area (Å²) in [5.74, 6) is 1.52. The minimum Gasteiger partial charge on any atom is -0.494 e. The Kier molecular flexibility index (Phi) is 3.86. The van der Waals surface area contributed by atoms with Gasteiger partial charge in [0.2, 0.25) is 11.8 Å². The molecule has 4 rings (SSSR count). The second-order valence-electron chi connectivity index (χ2n) is 5.55. The molecule has 124 valence electrons. The molecule has 0 unspecified atom stereocenters. The van der Waals surface area contributed by atoms with E-state index in [4.69, 9.17) is 20.8 Å². The zero-order valence-corrected chi connectivity index (χ0v) is 14.4. The van der Waals surface area contributed by atoms with Crippen molar-refractivity contribution in [1.29, 1.82) is 0 Å². The lowest BCUT2D eigenvalue weighted by Crippen LogP contribution is -1.93. The van der Waals surface area contributed by atoms with Crippen LogP contribution in [0.15, 0.2) is 52.9 Å². The van der Waals surface area contributed by atoms with Gasteiger partial charge in [-0.1, -0.05) is 35.9 Å². The lowest BCUT2D eigenvalue weighted by atomic mass is 10.1. The van der Waals surface area contributed by atoms with Crippen molar-refractivity contribution >= 4 is 22.5 Å². The minimum atomic E-state index is 0.380. The van der Waals surface area contributed by atoms with Crippen molar-refractivity contribution < 1.29 is 9.15 Å². The third-order valence-corrected chi connectivity index (χ3v) is 4.31. The zero-order chi connectivity index (χ0) is 17.4. The van der Waals surface area contributed by atoms with Crippen molar-refractivity contribution in [2.24, 2.45) is 0 Å². The summed E-state index contributed by atoms with van der Waals surface area (Å²) in [4.78, 5) is 4.64. The molecule has 5 nitrogen and oxygen atoms in total. The van der Waals surface area contributed by atoms with Gasteiger partial charge >= 0.3 is 0 Å². The molecule has 2 heterocycles. The first-order valence-corrected chi connectivity index (χ1v) is 8.08. The topological polar surface area (TPSA) is 61.0 Å². The molecular weight excluding hydrogens is 338 g/mol. The van der Waals surface area contributed by atoms with Crippen LogP contribution in [0.5, 0.6) is 5.75 Å². The number of aromatic nitrogens is 3. The van der Waals surface area contributed by atoms with Crippen LogP contribution in [0.25, 0.3) is 33.8 Å². The monoisotopic (exact) mass is 351 g/mol. The van der Waals surface area contributed by atoms with E-state index in [0.717, 1.165) is 27.9 Å². The predicted octanol–water partition coefficient (Wildman–Crippen LogP) is 4.92. The molecular formula is C19H14ClN3O2. The minimum absolute atomic E-state index is 0.380. The van der Waals surface area contributed by atoms with Crippen molar-refractivity contribution in [2.75, 3.05) is 7.11 Å². The van der Waals surface area contributed by atoms with E-state index in [0.29, 0.717) is 22.4 Å². The summed E-state index contributed by atoms with van der Waals surface area (Å²) in [6, 6.07) is 15.1. The maximum Gasteiger partial charge on any atom is 0.250 e. The van der Waals surface area contributed by atoms with E-state index >= 15 is 0 Å². The van der Waals surface area contributed by atoms with E-state index in [2.05, 4.69) is 15.2 Å². The molecule has 0 aliphatic rings. The average Bonchev–Trinajstić information content (AvgIpc) is 3.10. The van der Waals surface area contributed by atoms with Gasteiger partial charge in [0.15, 0.2) is 0 Å². The second-order valence-corrected chi connectivity index (χ2v) is 5.95. The Morgan fingerprint density at radius 2 is 1.72 bits per heavy atom. The zero-order valence-electron chi connectivity index (χ0n) is 13.7. The molecule has 0 bridgehead atoms. The van der Waals surface area contributed by atoms with Gasteiger partial charge in [-0.3, -0.25) is 0 Å². The van der Waals surface area contributed by atoms with Gasteiger partial charge in [0.1, 0.15) is 11.3 Å². The number of ether oxygens (including phenoxy) is 1. The number of nitrogens with zero attached hydrogens (tertiary/aromatic N) is 3. The number of hydrogen-bond acceptors (Lipinski definition) is 5. The van der Waals surface area contributed by atoms with Crippen LogP contribution in [0.4, 0.5) is 0 Å². The van der Waals surface area contributed by atoms with Crippen LogP contribution < -0.4 is 4.74 Å². The van der Waals surface area contributed by atoms with Crippen molar-refractivity contribution in [1.82, 2.24) is 15.2 Å². The van der Waals surface area contributed by atoms with Gasteiger partial charge in [-0.15, -0.1) is 10.2 Å². The van der Waals surface area contributed by atoms with Crippen LogP contribution in [0, 0.1) is 6.92 Å². The van der Waals surface area contributed by atoms with Gasteiger partial charge in [-0.05, 0) is 31.2 Å². The summed E-state index contributed by atoms with van der Waals surface area (Å²) in [6.07, 6.45) is 0. The van der Waals surface area contributed by atoms with E-state index in [1.54, 1.807) is 13.2 Å². The number of pyridine rings is 1. The van der Waals surface area contributed by atoms with Crippen molar-refractivity contribution in [3.63, 3.8) is 0 Å². The molecule has 2 aromatic heterocycles. The smallest absolute Gasteiger partial charge is 0.250 e. The summed E-state index contributed by atoms with van der Waals surface area (Å²) in [6.45, 7) is 1.90. The number of halogens is 1. The number of para-hydroxylation sites is 1. The molecule has 0 N–H and O–H groups in total. The highest BCUT2D eigenvalue weighted by atomic mass is 35.5. The predicted molar refractivity (Wildman–Crippen MR) is 96.8 cm³/mol. The number of fused-ring (bicyclic) bond motifs is 1. The number of hydrogen-bond donors (Lipinski definition) is 0. The highest BCUT2D eigenvalue weighted by Crippen LogP contribution is 2.32. The Morgan fingerprint density at radius 1 is 0.960 bits per heavy atom. The molecule has 0 aliphatic heterocycles. The fourth-order valence-electron chi connectivity index (χ4n) is 2.72. The van der Waals surface area contributed by atoms with Crippen LogP contribution in [0.1, 0.15) is 5.69 Å². The third-order valence-electron chi connectivity index (χ3n) is 3.98. The first-order chi connectivity index (χ1) is 12.2. The summed E-state index contributed by atoms with van der Waals surface area (Å²) in [7, 11) is 1.63. The molecule has 0 amide bonds. The number of aryl methyl sites for hydroxylation is 1. The molecule has 6 heteroatoms. The van der Waals surface area contributed by atoms with Crippen LogP contribution >= 0.6 is 11.6 Å². The van der Waals surface area contributed by atoms with Gasteiger partial charge < -0.3 is 9.15 Å². The summed E-state index contributed by atoms with van der Waals surface area (Å²) < 4.78 is 11.2. The highest BCUT2D eigenvalue weighted by molar-refractivity contribution is 6.33. The van der Waals surface area contributed by atoms with Crippen LogP contribution in [-0.4, -0.2) is 22.3 Å². The normalized spacial score (nSPS) is 11.0. The van der Waals surface area contributed by atoms with Crippen molar-refractivity contribution in [3.8, 4) is 28.7 Å². The molecule has 0 fully saturated rings. The van der Waals surface area contributed by atoms with Crippen LogP contribution in [0.2, 0.25) is 5.02 Å². The van der Waals surface area contributed by atoms with E-state index in [9.17, 15) is 0 Å². The molecule has 25 heavy (non-hydrogen) atoms. The molecule has 0 radical (unpaired) electrons. The number of rotatable bonds is 3. The molecule has 4 aromatic rings. The number of benzene rings is 2. The Morgan fingerprint density at radius 3 is 2.48 bits per heavy atom. The average molecular weight is 352 g/mol. The maximum absolute atomic E-state index is 6.20. The summed E-state index contributed by atoms with van der Waals surface area (Å²) in [5, 5.41) is 9.80. The Hall–Kier alpha value is -2.92. The molecule has 2 aromatic carbocycles. The van der Waals surface area contributed by atoms with E-state index in [1.165, 1.54) is 0 Å². The van der Waals surface area contributed by atoms with Gasteiger partial charge in [0, 0.05) is 5.39 Å². The van der Waals surface area contributed by atoms with Crippen molar-refractivity contribution in [3.05, 3.63) is 59.2 Å². The van der Waals surface area contributed by atoms with Crippen LogP contribution in [-0.2, 0) is 0 Å². The maximum atomic E-state index is 6.20. The Labute approximate surface area is 149 Å². The van der Waals surface area contributed by atoms with Gasteiger partial charge in [0.05, 0.1) is 29.0 Å². The van der Waals surface area contributed by atoms with E-state index < -0.39 is 0 Å². The van der Waals surface area contributed by atoms with E-state index in [1.807, 2.05) is 49.4 Å². The quantitative estimate of drug-likeness (QED) is 0.524. The largest absolute Gasteiger partial charge is 0.494 e. The number of methoxy groups -OCH3 is 1. The van der Waals surface area contributed by atoms with Crippen molar-refractivity contribution in [2.45, 2.75) is 6.92 Å². The first-order valence-electron chi connectivity index (χ1n) is 7.70. The Bertz CT molecular complexity index is 1080. The molecule has 0 saturated heterocycles. The van der Waals surface area contributed by atoms with Gasteiger partial charge in [-0.25, -0.2) is 4.98 Å². The first kappa shape index (κ1) is 15.6. The standard InChI is InChI=1S/C19H14ClN3O2/c1-11-14(10-12-6-5-9-16(24-2)17(12)21-11)19-23-22-18(25-19)13-7-3-4-8-15(13)20/h3-10H,1-2H3.